The molecule has 0 saturated carbocycles. The third kappa shape index (κ3) is 3.15. The molecule has 128 valence electrons. The number of hydrogen-bond donors (Lipinski definition) is 2. The van der Waals surface area contributed by atoms with E-state index in [0.717, 1.165) is 0 Å². The highest BCUT2D eigenvalue weighted by Gasteiger charge is 2.27. The van der Waals surface area contributed by atoms with E-state index in [0.29, 0.717) is 22.6 Å². The molecule has 0 aliphatic carbocycles. The van der Waals surface area contributed by atoms with Crippen LogP contribution in [0.1, 0.15) is 58.5 Å². The SMILES string of the molecule is Cn1nc(C(C)(C)C)c(/N=N/c2[nH]nc(C(C)(C)C)c2C#N)c1O. The van der Waals surface area contributed by atoms with Crippen LogP contribution in [0.25, 0.3) is 0 Å². The molecule has 2 aromatic rings. The van der Waals surface area contributed by atoms with Gasteiger partial charge >= 0.3 is 0 Å². The number of H-pyrrole nitrogens is 1. The van der Waals surface area contributed by atoms with Crippen LogP contribution in [0, 0.1) is 11.3 Å². The Hall–Kier alpha value is -2.69. The van der Waals surface area contributed by atoms with Crippen LogP contribution < -0.4 is 0 Å². The third-order valence-electron chi connectivity index (χ3n) is 3.52. The average Bonchev–Trinajstić information content (AvgIpc) is 2.98. The Bertz CT molecular complexity index is 822. The first-order valence-corrected chi connectivity index (χ1v) is 7.64. The fraction of sp³-hybridized carbons (Fsp3) is 0.562. The highest BCUT2D eigenvalue weighted by atomic mass is 16.3. The number of aromatic hydroxyl groups is 1. The largest absolute Gasteiger partial charge is 0.492 e. The summed E-state index contributed by atoms with van der Waals surface area (Å²) in [5.74, 6) is 0.197. The summed E-state index contributed by atoms with van der Waals surface area (Å²) in [6, 6.07) is 2.12. The van der Waals surface area contributed by atoms with Crippen LogP contribution >= 0.6 is 0 Å². The molecule has 2 aromatic heterocycles. The summed E-state index contributed by atoms with van der Waals surface area (Å²) >= 11 is 0. The molecule has 0 fully saturated rings. The van der Waals surface area contributed by atoms with Crippen molar-refractivity contribution >= 4 is 11.5 Å². The number of hydrogen-bond acceptors (Lipinski definition) is 6. The van der Waals surface area contributed by atoms with Gasteiger partial charge in [0.15, 0.2) is 11.5 Å². The van der Waals surface area contributed by atoms with Gasteiger partial charge in [0.05, 0.1) is 11.4 Å². The van der Waals surface area contributed by atoms with Crippen molar-refractivity contribution in [3.63, 3.8) is 0 Å². The highest BCUT2D eigenvalue weighted by molar-refractivity contribution is 5.56. The number of rotatable bonds is 2. The molecule has 0 aliphatic heterocycles. The molecule has 2 heterocycles. The maximum Gasteiger partial charge on any atom is 0.238 e. The molecule has 8 nitrogen and oxygen atoms in total. The lowest BCUT2D eigenvalue weighted by Gasteiger charge is -2.15. The lowest BCUT2D eigenvalue weighted by atomic mass is 9.90. The minimum atomic E-state index is -0.310. The zero-order valence-electron chi connectivity index (χ0n) is 15.1. The van der Waals surface area contributed by atoms with Crippen LogP contribution in [0.15, 0.2) is 10.2 Å². The van der Waals surface area contributed by atoms with E-state index in [1.165, 1.54) is 4.68 Å². The fourth-order valence-corrected chi connectivity index (χ4v) is 2.25. The maximum atomic E-state index is 10.2. The molecule has 24 heavy (non-hydrogen) atoms. The molecular weight excluding hydrogens is 306 g/mol. The summed E-state index contributed by atoms with van der Waals surface area (Å²) in [4.78, 5) is 0. The zero-order valence-corrected chi connectivity index (χ0v) is 15.1. The Balaban J connectivity index is 2.51. The van der Waals surface area contributed by atoms with E-state index in [-0.39, 0.29) is 22.5 Å². The number of aromatic amines is 1. The summed E-state index contributed by atoms with van der Waals surface area (Å²) in [6.07, 6.45) is 0. The molecule has 0 atom stereocenters. The minimum Gasteiger partial charge on any atom is -0.492 e. The van der Waals surface area contributed by atoms with Crippen LogP contribution in [0.2, 0.25) is 0 Å². The smallest absolute Gasteiger partial charge is 0.238 e. The van der Waals surface area contributed by atoms with E-state index in [9.17, 15) is 10.4 Å². The zero-order chi connectivity index (χ0) is 18.3. The van der Waals surface area contributed by atoms with Crippen LogP contribution in [0.5, 0.6) is 5.88 Å². The van der Waals surface area contributed by atoms with Crippen molar-refractivity contribution in [3.8, 4) is 11.9 Å². The van der Waals surface area contributed by atoms with E-state index in [1.54, 1.807) is 7.05 Å². The van der Waals surface area contributed by atoms with Crippen molar-refractivity contribution in [3.05, 3.63) is 17.0 Å². The Kier molecular flexibility index (Phi) is 4.23. The molecule has 0 saturated heterocycles. The first kappa shape index (κ1) is 17.7. The third-order valence-corrected chi connectivity index (χ3v) is 3.52. The van der Waals surface area contributed by atoms with Gasteiger partial charge in [0, 0.05) is 17.9 Å². The van der Waals surface area contributed by atoms with Gasteiger partial charge in [-0.15, -0.1) is 10.2 Å². The van der Waals surface area contributed by atoms with E-state index >= 15 is 0 Å². The number of aromatic nitrogens is 4. The average molecular weight is 329 g/mol. The first-order valence-electron chi connectivity index (χ1n) is 7.64. The molecule has 8 heteroatoms. The van der Waals surface area contributed by atoms with Crippen molar-refractivity contribution in [1.82, 2.24) is 20.0 Å². The second-order valence-electron chi connectivity index (χ2n) is 7.75. The fourth-order valence-electron chi connectivity index (χ4n) is 2.25. The maximum absolute atomic E-state index is 10.2. The van der Waals surface area contributed by atoms with Crippen molar-refractivity contribution in [2.75, 3.05) is 0 Å². The van der Waals surface area contributed by atoms with Gasteiger partial charge in [0.2, 0.25) is 5.88 Å². The lowest BCUT2D eigenvalue weighted by molar-refractivity contribution is 0.419. The summed E-state index contributed by atoms with van der Waals surface area (Å²) in [5, 5.41) is 39.1. The predicted octanol–water partition coefficient (Wildman–Crippen LogP) is 3.73. The summed E-state index contributed by atoms with van der Waals surface area (Å²) in [7, 11) is 1.64. The van der Waals surface area contributed by atoms with Crippen molar-refractivity contribution < 1.29 is 5.11 Å². The second kappa shape index (κ2) is 5.74. The van der Waals surface area contributed by atoms with Crippen LogP contribution in [0.4, 0.5) is 11.5 Å². The van der Waals surface area contributed by atoms with Crippen molar-refractivity contribution in [2.45, 2.75) is 52.4 Å². The molecule has 2 rings (SSSR count). The van der Waals surface area contributed by atoms with E-state index in [4.69, 9.17) is 0 Å². The monoisotopic (exact) mass is 329 g/mol. The van der Waals surface area contributed by atoms with Crippen LogP contribution in [-0.2, 0) is 17.9 Å². The van der Waals surface area contributed by atoms with Crippen LogP contribution in [0.3, 0.4) is 0 Å². The van der Waals surface area contributed by atoms with Gasteiger partial charge in [0.1, 0.15) is 11.6 Å². The Labute approximate surface area is 141 Å². The molecule has 0 spiro atoms. The number of nitrogens with zero attached hydrogens (tertiary/aromatic N) is 6. The van der Waals surface area contributed by atoms with Crippen LogP contribution in [-0.4, -0.2) is 25.1 Å². The van der Waals surface area contributed by atoms with Gasteiger partial charge in [0.25, 0.3) is 0 Å². The molecule has 0 radical (unpaired) electrons. The van der Waals surface area contributed by atoms with E-state index in [1.807, 2.05) is 41.5 Å². The van der Waals surface area contributed by atoms with Gasteiger partial charge < -0.3 is 5.11 Å². The normalized spacial score (nSPS) is 12.8. The molecule has 0 amide bonds. The van der Waals surface area contributed by atoms with Gasteiger partial charge in [-0.05, 0) is 0 Å². The number of azo groups is 1. The van der Waals surface area contributed by atoms with Crippen molar-refractivity contribution in [2.24, 2.45) is 17.3 Å². The van der Waals surface area contributed by atoms with Gasteiger partial charge in [-0.1, -0.05) is 41.5 Å². The molecule has 0 aromatic carbocycles. The molecule has 2 N–H and O–H groups in total. The molecule has 0 bridgehead atoms. The summed E-state index contributed by atoms with van der Waals surface area (Å²) < 4.78 is 1.35. The molecule has 0 aliphatic rings. The minimum absolute atomic E-state index is 0.0715. The van der Waals surface area contributed by atoms with Crippen molar-refractivity contribution in [1.29, 1.82) is 5.26 Å². The summed E-state index contributed by atoms with van der Waals surface area (Å²) in [5.41, 5.74) is 1.30. The van der Waals surface area contributed by atoms with E-state index < -0.39 is 0 Å². The Morgan fingerprint density at radius 2 is 1.67 bits per heavy atom. The Morgan fingerprint density at radius 3 is 2.17 bits per heavy atom. The standard InChI is InChI=1S/C16H23N7O/c1-15(2,3)11-9(8-17)13(21-19-11)20-18-10-12(16(4,5)6)22-23(7)14(10)24/h24H,1-7H3,(H,19,21)/b20-18+. The Morgan fingerprint density at radius 1 is 1.08 bits per heavy atom. The lowest BCUT2D eigenvalue weighted by Crippen LogP contribution is -2.13. The molecule has 0 unspecified atom stereocenters. The predicted molar refractivity (Wildman–Crippen MR) is 89.8 cm³/mol. The van der Waals surface area contributed by atoms with E-state index in [2.05, 4.69) is 31.6 Å². The quantitative estimate of drug-likeness (QED) is 0.816. The van der Waals surface area contributed by atoms with Gasteiger partial charge in [-0.3, -0.25) is 5.10 Å². The number of aryl methyl sites for hydroxylation is 1. The topological polar surface area (TPSA) is 115 Å². The number of nitrogens with one attached hydrogen (secondary N) is 1. The second-order valence-corrected chi connectivity index (χ2v) is 7.75. The summed E-state index contributed by atoms with van der Waals surface area (Å²) in [6.45, 7) is 11.8. The van der Waals surface area contributed by atoms with Gasteiger partial charge in [-0.2, -0.15) is 15.5 Å². The number of nitriles is 1. The van der Waals surface area contributed by atoms with Gasteiger partial charge in [-0.25, -0.2) is 4.68 Å². The first-order chi connectivity index (χ1) is 11.0. The highest BCUT2D eigenvalue weighted by Crippen LogP contribution is 2.38. The molecular formula is C16H23N7O.